The molecule has 0 aromatic heterocycles. The van der Waals surface area contributed by atoms with E-state index in [9.17, 15) is 4.79 Å². The molecule has 0 aliphatic carbocycles. The van der Waals surface area contributed by atoms with Crippen LogP contribution in [-0.4, -0.2) is 12.2 Å². The van der Waals surface area contributed by atoms with E-state index in [1.165, 1.54) is 57.8 Å². The van der Waals surface area contributed by atoms with Crippen molar-refractivity contribution < 1.29 is 9.53 Å². The number of carbonyl (C=O) groups is 1. The van der Waals surface area contributed by atoms with Crippen LogP contribution in [0.1, 0.15) is 97.3 Å². The van der Waals surface area contributed by atoms with Crippen molar-refractivity contribution in [1.82, 2.24) is 0 Å². The first kappa shape index (κ1) is 19.4. The first-order valence-corrected chi connectivity index (χ1v) is 8.65. The molecule has 20 heavy (non-hydrogen) atoms. The van der Waals surface area contributed by atoms with Crippen molar-refractivity contribution in [2.45, 2.75) is 104 Å². The molecule has 0 aromatic carbocycles. The summed E-state index contributed by atoms with van der Waals surface area (Å²) in [4.78, 5) is 11.2. The lowest BCUT2D eigenvalue weighted by molar-refractivity contribution is -0.149. The number of hydrogen-bond donors (Lipinski definition) is 1. The highest BCUT2D eigenvalue weighted by atomic mass is 16.6. The average Bonchev–Trinajstić information content (AvgIpc) is 2.41. The molecule has 3 nitrogen and oxygen atoms in total. The summed E-state index contributed by atoms with van der Waals surface area (Å²) in [5, 5.41) is 0. The van der Waals surface area contributed by atoms with Gasteiger partial charge in [0.05, 0.1) is 0 Å². The first-order chi connectivity index (χ1) is 9.70. The molecule has 0 bridgehead atoms. The number of hydrogen-bond acceptors (Lipinski definition) is 3. The van der Waals surface area contributed by atoms with Gasteiger partial charge in [-0.15, -0.1) is 0 Å². The van der Waals surface area contributed by atoms with E-state index in [1.807, 2.05) is 6.92 Å². The van der Waals surface area contributed by atoms with Gasteiger partial charge in [0.15, 0.2) is 6.23 Å². The maximum absolute atomic E-state index is 11.2. The van der Waals surface area contributed by atoms with Crippen molar-refractivity contribution in [1.29, 1.82) is 0 Å². The van der Waals surface area contributed by atoms with Crippen LogP contribution in [0.2, 0.25) is 0 Å². The standard InChI is InChI=1S/C17H35NO2/c1-3-5-6-7-8-9-10-11-12-13-15-16(18)20-17(19)14-4-2/h16H,3-15,18H2,1-2H3. The van der Waals surface area contributed by atoms with Crippen LogP contribution in [0.15, 0.2) is 0 Å². The zero-order valence-electron chi connectivity index (χ0n) is 13.7. The molecule has 0 aromatic rings. The van der Waals surface area contributed by atoms with Crippen LogP contribution in [0.3, 0.4) is 0 Å². The van der Waals surface area contributed by atoms with Gasteiger partial charge in [0.25, 0.3) is 0 Å². The van der Waals surface area contributed by atoms with Gasteiger partial charge >= 0.3 is 5.97 Å². The number of nitrogens with two attached hydrogens (primary N) is 1. The van der Waals surface area contributed by atoms with E-state index in [1.54, 1.807) is 0 Å². The molecule has 0 spiro atoms. The van der Waals surface area contributed by atoms with Gasteiger partial charge in [-0.05, 0) is 19.3 Å². The van der Waals surface area contributed by atoms with Crippen molar-refractivity contribution in [3.05, 3.63) is 0 Å². The fourth-order valence-electron chi connectivity index (χ4n) is 2.32. The van der Waals surface area contributed by atoms with E-state index < -0.39 is 6.23 Å². The number of ether oxygens (including phenoxy) is 1. The Labute approximate surface area is 125 Å². The minimum atomic E-state index is -0.400. The highest BCUT2D eigenvalue weighted by molar-refractivity contribution is 5.69. The van der Waals surface area contributed by atoms with E-state index in [4.69, 9.17) is 10.5 Å². The first-order valence-electron chi connectivity index (χ1n) is 8.65. The average molecular weight is 285 g/mol. The Morgan fingerprint density at radius 1 is 0.850 bits per heavy atom. The summed E-state index contributed by atoms with van der Waals surface area (Å²) in [6.07, 6.45) is 14.8. The van der Waals surface area contributed by atoms with Crippen molar-refractivity contribution in [2.75, 3.05) is 0 Å². The van der Waals surface area contributed by atoms with Crippen LogP contribution < -0.4 is 5.73 Å². The van der Waals surface area contributed by atoms with Gasteiger partial charge in [-0.2, -0.15) is 0 Å². The quantitative estimate of drug-likeness (QED) is 0.280. The summed E-state index contributed by atoms with van der Waals surface area (Å²) in [6.45, 7) is 4.22. The van der Waals surface area contributed by atoms with Gasteiger partial charge < -0.3 is 4.74 Å². The normalized spacial score (nSPS) is 12.3. The third kappa shape index (κ3) is 13.9. The Balaban J connectivity index is 3.21. The molecule has 0 aliphatic rings. The number of carbonyl (C=O) groups excluding carboxylic acids is 1. The second-order valence-electron chi connectivity index (χ2n) is 5.75. The molecule has 0 saturated carbocycles. The van der Waals surface area contributed by atoms with Gasteiger partial charge in [-0.25, -0.2) is 0 Å². The summed E-state index contributed by atoms with van der Waals surface area (Å²) in [6, 6.07) is 0. The molecule has 0 fully saturated rings. The molecule has 0 amide bonds. The lowest BCUT2D eigenvalue weighted by Gasteiger charge is -2.12. The lowest BCUT2D eigenvalue weighted by Crippen LogP contribution is -2.26. The molecule has 0 heterocycles. The maximum Gasteiger partial charge on any atom is 0.307 e. The van der Waals surface area contributed by atoms with Crippen LogP contribution in [0.5, 0.6) is 0 Å². The molecular weight excluding hydrogens is 250 g/mol. The van der Waals surface area contributed by atoms with Gasteiger partial charge in [0, 0.05) is 6.42 Å². The largest absolute Gasteiger partial charge is 0.447 e. The summed E-state index contributed by atoms with van der Waals surface area (Å²) >= 11 is 0. The molecule has 1 unspecified atom stereocenters. The van der Waals surface area contributed by atoms with E-state index in [-0.39, 0.29) is 5.97 Å². The monoisotopic (exact) mass is 285 g/mol. The molecule has 2 N–H and O–H groups in total. The van der Waals surface area contributed by atoms with Gasteiger partial charge in [0.1, 0.15) is 0 Å². The molecule has 3 heteroatoms. The Hall–Kier alpha value is -0.570. The third-order valence-corrected chi connectivity index (χ3v) is 3.58. The highest BCUT2D eigenvalue weighted by Crippen LogP contribution is 2.12. The number of rotatable bonds is 14. The summed E-state index contributed by atoms with van der Waals surface area (Å²) in [5.74, 6) is -0.160. The van der Waals surface area contributed by atoms with Gasteiger partial charge in [-0.3, -0.25) is 10.5 Å². The summed E-state index contributed by atoms with van der Waals surface area (Å²) in [7, 11) is 0. The van der Waals surface area contributed by atoms with Crippen molar-refractivity contribution in [2.24, 2.45) is 5.73 Å². The molecular formula is C17H35NO2. The number of esters is 1. The number of unbranched alkanes of at least 4 members (excludes halogenated alkanes) is 9. The van der Waals surface area contributed by atoms with Crippen molar-refractivity contribution in [3.8, 4) is 0 Å². The Kier molecular flexibility index (Phi) is 14.4. The second kappa shape index (κ2) is 14.8. The molecule has 0 aliphatic heterocycles. The van der Waals surface area contributed by atoms with Gasteiger partial charge in [0.2, 0.25) is 0 Å². The third-order valence-electron chi connectivity index (χ3n) is 3.58. The fourth-order valence-corrected chi connectivity index (χ4v) is 2.32. The van der Waals surface area contributed by atoms with E-state index in [2.05, 4.69) is 6.92 Å². The van der Waals surface area contributed by atoms with Crippen LogP contribution in [0, 0.1) is 0 Å². The SMILES string of the molecule is CCCCCCCCCCCCC(N)OC(=O)CCC. The van der Waals surface area contributed by atoms with Gasteiger partial charge in [-0.1, -0.05) is 71.6 Å². The fraction of sp³-hybridized carbons (Fsp3) is 0.941. The highest BCUT2D eigenvalue weighted by Gasteiger charge is 2.08. The zero-order chi connectivity index (χ0) is 15.1. The van der Waals surface area contributed by atoms with E-state index >= 15 is 0 Å². The predicted octanol–water partition coefficient (Wildman–Crippen LogP) is 4.93. The molecule has 1 atom stereocenters. The minimum absolute atomic E-state index is 0.160. The molecule has 120 valence electrons. The predicted molar refractivity (Wildman–Crippen MR) is 85.4 cm³/mol. The van der Waals surface area contributed by atoms with Crippen molar-refractivity contribution >= 4 is 5.97 Å². The van der Waals surface area contributed by atoms with Crippen LogP contribution >= 0.6 is 0 Å². The minimum Gasteiger partial charge on any atom is -0.447 e. The Morgan fingerprint density at radius 2 is 1.35 bits per heavy atom. The smallest absolute Gasteiger partial charge is 0.307 e. The summed E-state index contributed by atoms with van der Waals surface area (Å²) in [5.41, 5.74) is 5.77. The zero-order valence-corrected chi connectivity index (χ0v) is 13.7. The molecule has 0 radical (unpaired) electrons. The van der Waals surface area contributed by atoms with Crippen LogP contribution in [-0.2, 0) is 9.53 Å². The van der Waals surface area contributed by atoms with E-state index in [0.29, 0.717) is 6.42 Å². The maximum atomic E-state index is 11.2. The summed E-state index contributed by atoms with van der Waals surface area (Å²) < 4.78 is 5.11. The second-order valence-corrected chi connectivity index (χ2v) is 5.75. The van der Waals surface area contributed by atoms with Crippen LogP contribution in [0.4, 0.5) is 0 Å². The van der Waals surface area contributed by atoms with Crippen LogP contribution in [0.25, 0.3) is 0 Å². The van der Waals surface area contributed by atoms with Crippen molar-refractivity contribution in [3.63, 3.8) is 0 Å². The molecule has 0 rings (SSSR count). The Bertz CT molecular complexity index is 219. The van der Waals surface area contributed by atoms with E-state index in [0.717, 1.165) is 19.3 Å². The topological polar surface area (TPSA) is 52.3 Å². The Morgan fingerprint density at radius 3 is 1.85 bits per heavy atom. The lowest BCUT2D eigenvalue weighted by atomic mass is 10.1. The molecule has 0 saturated heterocycles.